The van der Waals surface area contributed by atoms with Crippen LogP contribution in [0.3, 0.4) is 0 Å². The standard InChI is InChI=1S/C15H20N4O4S/c1-2-11(24(16)22)3-4-18-15-12(6-17-9-19-15)14(21)13-5-10(7-20)8-23-13/h5-6,8-9,11,20H,2-4,7,16H2,1H3,(H,17,18,19). The van der Waals surface area contributed by atoms with Crippen LogP contribution in [0.5, 0.6) is 0 Å². The number of aromatic nitrogens is 2. The molecule has 130 valence electrons. The Morgan fingerprint density at radius 2 is 2.38 bits per heavy atom. The van der Waals surface area contributed by atoms with E-state index >= 15 is 0 Å². The van der Waals surface area contributed by atoms with Crippen molar-refractivity contribution in [3.63, 3.8) is 0 Å². The van der Waals surface area contributed by atoms with Crippen molar-refractivity contribution in [2.45, 2.75) is 31.6 Å². The van der Waals surface area contributed by atoms with Crippen LogP contribution in [0.25, 0.3) is 0 Å². The second-order valence-electron chi connectivity index (χ2n) is 5.17. The van der Waals surface area contributed by atoms with Gasteiger partial charge in [-0.15, -0.1) is 0 Å². The number of hydrogen-bond acceptors (Lipinski definition) is 8. The number of anilines is 1. The third-order valence-electron chi connectivity index (χ3n) is 3.56. The van der Waals surface area contributed by atoms with Gasteiger partial charge >= 0.3 is 0 Å². The van der Waals surface area contributed by atoms with E-state index in [-0.39, 0.29) is 29.0 Å². The van der Waals surface area contributed by atoms with Gasteiger partial charge in [-0.3, -0.25) is 4.79 Å². The van der Waals surface area contributed by atoms with Crippen LogP contribution in [-0.2, 0) is 18.0 Å². The molecule has 0 radical (unpaired) electrons. The molecule has 9 heteroatoms. The Kier molecular flexibility index (Phi) is 6.73. The number of ketones is 1. The lowest BCUT2D eigenvalue weighted by atomic mass is 10.1. The first kappa shape index (κ1) is 18.4. The maximum absolute atomic E-state index is 12.5. The van der Waals surface area contributed by atoms with Crippen LogP contribution in [-0.4, -0.2) is 37.2 Å². The number of aliphatic hydroxyl groups excluding tert-OH is 1. The van der Waals surface area contributed by atoms with Crippen molar-refractivity contribution in [2.75, 3.05) is 11.9 Å². The van der Waals surface area contributed by atoms with Gasteiger partial charge in [-0.2, -0.15) is 5.14 Å². The molecular weight excluding hydrogens is 332 g/mol. The monoisotopic (exact) mass is 352 g/mol. The minimum Gasteiger partial charge on any atom is -0.598 e. The van der Waals surface area contributed by atoms with Crippen LogP contribution < -0.4 is 10.5 Å². The van der Waals surface area contributed by atoms with Gasteiger partial charge in [-0.25, -0.2) is 9.97 Å². The quantitative estimate of drug-likeness (QED) is 0.449. The van der Waals surface area contributed by atoms with Crippen molar-refractivity contribution >= 4 is 23.0 Å². The Bertz CT molecular complexity index is 677. The maximum Gasteiger partial charge on any atom is 0.233 e. The zero-order valence-corrected chi connectivity index (χ0v) is 14.1. The molecule has 2 aromatic rings. The molecule has 8 nitrogen and oxygen atoms in total. The highest BCUT2D eigenvalue weighted by atomic mass is 32.2. The molecule has 2 rings (SSSR count). The average molecular weight is 352 g/mol. The molecule has 24 heavy (non-hydrogen) atoms. The molecule has 0 aliphatic rings. The van der Waals surface area contributed by atoms with E-state index in [4.69, 9.17) is 14.7 Å². The summed E-state index contributed by atoms with van der Waals surface area (Å²) in [5.41, 5.74) is 0.777. The van der Waals surface area contributed by atoms with Crippen molar-refractivity contribution in [3.8, 4) is 0 Å². The lowest BCUT2D eigenvalue weighted by Crippen LogP contribution is -2.30. The van der Waals surface area contributed by atoms with Gasteiger partial charge in [-0.1, -0.05) is 6.92 Å². The SMILES string of the molecule is CCC(CCNc1ncncc1C(=O)c1cc(CO)co1)[S+](N)[O-]. The Balaban J connectivity index is 2.08. The second-order valence-corrected chi connectivity index (χ2v) is 6.49. The Hall–Kier alpha value is -1.94. The van der Waals surface area contributed by atoms with Crippen LogP contribution in [0.4, 0.5) is 5.82 Å². The van der Waals surface area contributed by atoms with E-state index in [0.29, 0.717) is 30.8 Å². The van der Waals surface area contributed by atoms with Gasteiger partial charge in [0.2, 0.25) is 5.78 Å². The summed E-state index contributed by atoms with van der Waals surface area (Å²) in [6.07, 6.45) is 5.35. The highest BCUT2D eigenvalue weighted by Gasteiger charge is 2.20. The fraction of sp³-hybridized carbons (Fsp3) is 0.400. The fourth-order valence-electron chi connectivity index (χ4n) is 2.18. The lowest BCUT2D eigenvalue weighted by Gasteiger charge is -2.16. The van der Waals surface area contributed by atoms with Crippen LogP contribution in [0.2, 0.25) is 0 Å². The number of nitrogens with two attached hydrogens (primary N) is 1. The van der Waals surface area contributed by atoms with Crippen LogP contribution in [0, 0.1) is 0 Å². The van der Waals surface area contributed by atoms with E-state index in [1.165, 1.54) is 24.9 Å². The topological polar surface area (TPSA) is 137 Å². The van der Waals surface area contributed by atoms with Gasteiger partial charge in [0.25, 0.3) is 0 Å². The predicted octanol–water partition coefficient (Wildman–Crippen LogP) is 0.996. The Morgan fingerprint density at radius 3 is 3.00 bits per heavy atom. The number of carbonyl (C=O) groups excluding carboxylic acids is 1. The summed E-state index contributed by atoms with van der Waals surface area (Å²) in [5.74, 6) is 0.0910. The van der Waals surface area contributed by atoms with Crippen LogP contribution in [0.15, 0.2) is 29.3 Å². The fourth-order valence-corrected chi connectivity index (χ4v) is 2.86. The third kappa shape index (κ3) is 4.54. The molecule has 2 heterocycles. The molecule has 0 spiro atoms. The van der Waals surface area contributed by atoms with Gasteiger partial charge in [0.05, 0.1) is 18.4 Å². The van der Waals surface area contributed by atoms with Crippen LogP contribution in [0.1, 0.15) is 41.4 Å². The smallest absolute Gasteiger partial charge is 0.233 e. The van der Waals surface area contributed by atoms with E-state index < -0.39 is 11.4 Å². The molecule has 0 aliphatic carbocycles. The Morgan fingerprint density at radius 1 is 1.58 bits per heavy atom. The number of nitrogens with zero attached hydrogens (tertiary/aromatic N) is 2. The van der Waals surface area contributed by atoms with Crippen molar-refractivity contribution < 1.29 is 18.9 Å². The summed E-state index contributed by atoms with van der Waals surface area (Å²) in [4.78, 5) is 20.4. The van der Waals surface area contributed by atoms with Gasteiger partial charge in [0.1, 0.15) is 17.4 Å². The molecule has 4 N–H and O–H groups in total. The number of aliphatic hydroxyl groups is 1. The summed E-state index contributed by atoms with van der Waals surface area (Å²) >= 11 is -1.38. The maximum atomic E-state index is 12.5. The van der Waals surface area contributed by atoms with Gasteiger partial charge < -0.3 is 19.4 Å². The second kappa shape index (κ2) is 8.78. The van der Waals surface area contributed by atoms with E-state index in [1.807, 2.05) is 6.92 Å². The molecule has 0 amide bonds. The van der Waals surface area contributed by atoms with Crippen LogP contribution >= 0.6 is 0 Å². The van der Waals surface area contributed by atoms with E-state index in [1.54, 1.807) is 0 Å². The summed E-state index contributed by atoms with van der Waals surface area (Å²) in [6.45, 7) is 2.19. The zero-order chi connectivity index (χ0) is 17.5. The number of carbonyl (C=O) groups is 1. The molecule has 2 atom stereocenters. The van der Waals surface area contributed by atoms with Crippen molar-refractivity contribution in [1.82, 2.24) is 9.97 Å². The van der Waals surface area contributed by atoms with Crippen molar-refractivity contribution in [2.24, 2.45) is 5.14 Å². The Labute approximate surface area is 142 Å². The van der Waals surface area contributed by atoms with E-state index in [0.717, 1.165) is 0 Å². The molecule has 0 aliphatic heterocycles. The first-order valence-electron chi connectivity index (χ1n) is 7.48. The molecule has 0 saturated carbocycles. The molecule has 0 saturated heterocycles. The molecule has 2 unspecified atom stereocenters. The molecule has 2 aromatic heterocycles. The molecule has 0 fully saturated rings. The highest BCUT2D eigenvalue weighted by Crippen LogP contribution is 2.18. The van der Waals surface area contributed by atoms with Gasteiger partial charge in [0.15, 0.2) is 5.76 Å². The molecule has 0 bridgehead atoms. The lowest BCUT2D eigenvalue weighted by molar-refractivity contribution is 0.101. The number of hydrogen-bond donors (Lipinski definition) is 3. The normalized spacial score (nSPS) is 13.5. The minimum atomic E-state index is -1.38. The largest absolute Gasteiger partial charge is 0.598 e. The van der Waals surface area contributed by atoms with E-state index in [2.05, 4.69) is 15.3 Å². The first-order chi connectivity index (χ1) is 11.6. The predicted molar refractivity (Wildman–Crippen MR) is 89.6 cm³/mol. The van der Waals surface area contributed by atoms with Crippen molar-refractivity contribution in [3.05, 3.63) is 41.7 Å². The number of rotatable bonds is 9. The number of nitrogens with one attached hydrogen (secondary N) is 1. The van der Waals surface area contributed by atoms with Gasteiger partial charge in [0, 0.05) is 36.1 Å². The number of furan rings is 1. The minimum absolute atomic E-state index is 0.103. The highest BCUT2D eigenvalue weighted by molar-refractivity contribution is 7.89. The zero-order valence-electron chi connectivity index (χ0n) is 13.3. The summed E-state index contributed by atoms with van der Waals surface area (Å²) in [5, 5.41) is 17.4. The summed E-state index contributed by atoms with van der Waals surface area (Å²) in [6, 6.07) is 1.48. The summed E-state index contributed by atoms with van der Waals surface area (Å²) in [7, 11) is 0. The average Bonchev–Trinajstić information content (AvgIpc) is 3.07. The van der Waals surface area contributed by atoms with E-state index in [9.17, 15) is 9.35 Å². The summed E-state index contributed by atoms with van der Waals surface area (Å²) < 4.78 is 16.5. The molecular formula is C15H20N4O4S. The third-order valence-corrected chi connectivity index (χ3v) is 4.79. The first-order valence-corrected chi connectivity index (χ1v) is 8.76. The van der Waals surface area contributed by atoms with Crippen molar-refractivity contribution in [1.29, 1.82) is 0 Å². The molecule has 0 aromatic carbocycles. The van der Waals surface area contributed by atoms with Gasteiger partial charge in [-0.05, 0) is 12.5 Å².